The molecule has 1 saturated heterocycles. The lowest BCUT2D eigenvalue weighted by atomic mass is 9.88. The monoisotopic (exact) mass is 370 g/mol. The number of benzene rings is 1. The molecule has 2 aliphatic rings. The highest BCUT2D eigenvalue weighted by atomic mass is 16.5. The van der Waals surface area contributed by atoms with Crippen LogP contribution in [0.5, 0.6) is 0 Å². The average Bonchev–Trinajstić information content (AvgIpc) is 3.05. The molecular formula is C21H30N4O2. The SMILES string of the molecule is CCn1c(CN2CCOCC2)nc2cc(NC(=O)C3CCCCC3)ccc21. The van der Waals surface area contributed by atoms with E-state index >= 15 is 0 Å². The molecule has 1 aliphatic carbocycles. The second-order valence-electron chi connectivity index (χ2n) is 7.69. The zero-order chi connectivity index (χ0) is 18.6. The maximum absolute atomic E-state index is 12.5. The molecule has 1 aliphatic heterocycles. The summed E-state index contributed by atoms with van der Waals surface area (Å²) in [7, 11) is 0. The van der Waals surface area contributed by atoms with Crippen LogP contribution in [0, 0.1) is 5.92 Å². The van der Waals surface area contributed by atoms with E-state index < -0.39 is 0 Å². The number of anilines is 1. The first-order valence-electron chi connectivity index (χ1n) is 10.3. The Hall–Kier alpha value is -1.92. The van der Waals surface area contributed by atoms with E-state index in [4.69, 9.17) is 9.72 Å². The van der Waals surface area contributed by atoms with Crippen molar-refractivity contribution < 1.29 is 9.53 Å². The van der Waals surface area contributed by atoms with Gasteiger partial charge in [-0.25, -0.2) is 4.98 Å². The molecule has 6 nitrogen and oxygen atoms in total. The first kappa shape index (κ1) is 18.4. The van der Waals surface area contributed by atoms with Crippen LogP contribution in [0.1, 0.15) is 44.9 Å². The molecule has 0 unspecified atom stereocenters. The summed E-state index contributed by atoms with van der Waals surface area (Å²) in [4.78, 5) is 19.8. The number of nitrogens with zero attached hydrogens (tertiary/aromatic N) is 3. The predicted molar refractivity (Wildman–Crippen MR) is 107 cm³/mol. The fourth-order valence-electron chi connectivity index (χ4n) is 4.30. The van der Waals surface area contributed by atoms with Crippen LogP contribution >= 0.6 is 0 Å². The maximum atomic E-state index is 12.5. The number of aryl methyl sites for hydroxylation is 1. The van der Waals surface area contributed by atoms with Gasteiger partial charge >= 0.3 is 0 Å². The summed E-state index contributed by atoms with van der Waals surface area (Å²) < 4.78 is 7.72. The smallest absolute Gasteiger partial charge is 0.227 e. The number of nitrogens with one attached hydrogen (secondary N) is 1. The summed E-state index contributed by atoms with van der Waals surface area (Å²) in [5.74, 6) is 1.42. The molecule has 0 bridgehead atoms. The molecular weight excluding hydrogens is 340 g/mol. The quantitative estimate of drug-likeness (QED) is 0.876. The van der Waals surface area contributed by atoms with Gasteiger partial charge in [-0.3, -0.25) is 9.69 Å². The Bertz CT molecular complexity index is 789. The van der Waals surface area contributed by atoms with Crippen LogP contribution < -0.4 is 5.32 Å². The van der Waals surface area contributed by atoms with Crippen LogP contribution in [0.3, 0.4) is 0 Å². The number of ether oxygens (including phenoxy) is 1. The third-order valence-electron chi connectivity index (χ3n) is 5.86. The van der Waals surface area contributed by atoms with Gasteiger partial charge in [-0.15, -0.1) is 0 Å². The summed E-state index contributed by atoms with van der Waals surface area (Å²) in [5, 5.41) is 3.12. The first-order valence-corrected chi connectivity index (χ1v) is 10.3. The number of carbonyl (C=O) groups excluding carboxylic acids is 1. The summed E-state index contributed by atoms with van der Waals surface area (Å²) in [5.41, 5.74) is 2.95. The third-order valence-corrected chi connectivity index (χ3v) is 5.86. The van der Waals surface area contributed by atoms with Gasteiger partial charge in [-0.05, 0) is 38.0 Å². The second-order valence-corrected chi connectivity index (χ2v) is 7.69. The number of imidazole rings is 1. The van der Waals surface area contributed by atoms with Gasteiger partial charge in [0.2, 0.25) is 5.91 Å². The zero-order valence-electron chi connectivity index (χ0n) is 16.2. The molecule has 1 N–H and O–H groups in total. The number of morpholine rings is 1. The molecule has 2 aromatic rings. The average molecular weight is 370 g/mol. The van der Waals surface area contributed by atoms with E-state index in [-0.39, 0.29) is 11.8 Å². The van der Waals surface area contributed by atoms with Crippen molar-refractivity contribution in [3.05, 3.63) is 24.0 Å². The minimum atomic E-state index is 0.164. The fraction of sp³-hybridized carbons (Fsp3) is 0.619. The van der Waals surface area contributed by atoms with Crippen LogP contribution in [0.25, 0.3) is 11.0 Å². The molecule has 27 heavy (non-hydrogen) atoms. The Morgan fingerprint density at radius 3 is 2.74 bits per heavy atom. The Kier molecular flexibility index (Phi) is 5.74. The first-order chi connectivity index (χ1) is 13.2. The number of aromatic nitrogens is 2. The Labute approximate surface area is 160 Å². The van der Waals surface area contributed by atoms with Gasteiger partial charge < -0.3 is 14.6 Å². The minimum absolute atomic E-state index is 0.164. The lowest BCUT2D eigenvalue weighted by Gasteiger charge is -2.26. The second kappa shape index (κ2) is 8.40. The number of hydrogen-bond acceptors (Lipinski definition) is 4. The molecule has 1 aromatic carbocycles. The molecule has 6 heteroatoms. The third kappa shape index (κ3) is 4.17. The number of fused-ring (bicyclic) bond motifs is 1. The highest BCUT2D eigenvalue weighted by Crippen LogP contribution is 2.26. The van der Waals surface area contributed by atoms with Crippen LogP contribution in [-0.2, 0) is 22.6 Å². The van der Waals surface area contributed by atoms with Gasteiger partial charge in [0.1, 0.15) is 5.82 Å². The van der Waals surface area contributed by atoms with Crippen molar-refractivity contribution in [2.24, 2.45) is 5.92 Å². The summed E-state index contributed by atoms with van der Waals surface area (Å²) in [6, 6.07) is 6.12. The Balaban J connectivity index is 1.52. The van der Waals surface area contributed by atoms with Crippen molar-refractivity contribution in [2.75, 3.05) is 31.6 Å². The fourth-order valence-corrected chi connectivity index (χ4v) is 4.30. The van der Waals surface area contributed by atoms with Crippen LogP contribution in [-0.4, -0.2) is 46.7 Å². The largest absolute Gasteiger partial charge is 0.379 e. The van der Waals surface area contributed by atoms with E-state index in [0.29, 0.717) is 0 Å². The molecule has 146 valence electrons. The zero-order valence-corrected chi connectivity index (χ0v) is 16.2. The molecule has 0 radical (unpaired) electrons. The molecule has 2 fully saturated rings. The van der Waals surface area contributed by atoms with E-state index in [1.807, 2.05) is 12.1 Å². The van der Waals surface area contributed by atoms with Crippen LogP contribution in [0.4, 0.5) is 5.69 Å². The van der Waals surface area contributed by atoms with Crippen LogP contribution in [0.2, 0.25) is 0 Å². The Morgan fingerprint density at radius 1 is 1.22 bits per heavy atom. The van der Waals surface area contributed by atoms with E-state index in [1.165, 1.54) is 19.3 Å². The standard InChI is InChI=1S/C21H30N4O2/c1-2-25-19-9-8-17(22-21(26)16-6-4-3-5-7-16)14-18(19)23-20(25)15-24-10-12-27-13-11-24/h8-9,14,16H,2-7,10-13,15H2,1H3,(H,22,26). The van der Waals surface area contributed by atoms with Gasteiger partial charge in [0.05, 0.1) is 30.8 Å². The topological polar surface area (TPSA) is 59.4 Å². The van der Waals surface area contributed by atoms with Gasteiger partial charge in [-0.2, -0.15) is 0 Å². The molecule has 1 saturated carbocycles. The van der Waals surface area contributed by atoms with Gasteiger partial charge in [0.25, 0.3) is 0 Å². The minimum Gasteiger partial charge on any atom is -0.379 e. The van der Waals surface area contributed by atoms with Crippen molar-refractivity contribution in [3.8, 4) is 0 Å². The van der Waals surface area contributed by atoms with Crippen molar-refractivity contribution in [1.29, 1.82) is 0 Å². The van der Waals surface area contributed by atoms with Gasteiger partial charge in [0.15, 0.2) is 0 Å². The van der Waals surface area contributed by atoms with E-state index in [9.17, 15) is 4.79 Å². The molecule has 2 heterocycles. The number of amides is 1. The molecule has 1 aromatic heterocycles. The highest BCUT2D eigenvalue weighted by molar-refractivity contribution is 5.94. The molecule has 4 rings (SSSR count). The van der Waals surface area contributed by atoms with Crippen molar-refractivity contribution in [1.82, 2.24) is 14.5 Å². The predicted octanol–water partition coefficient (Wildman–Crippen LogP) is 3.41. The van der Waals surface area contributed by atoms with Crippen molar-refractivity contribution in [2.45, 2.75) is 52.1 Å². The summed E-state index contributed by atoms with van der Waals surface area (Å²) in [6.07, 6.45) is 5.63. The lowest BCUT2D eigenvalue weighted by molar-refractivity contribution is -0.120. The number of carbonyl (C=O) groups is 1. The molecule has 0 atom stereocenters. The summed E-state index contributed by atoms with van der Waals surface area (Å²) in [6.45, 7) is 7.39. The summed E-state index contributed by atoms with van der Waals surface area (Å²) >= 11 is 0. The van der Waals surface area contributed by atoms with Crippen molar-refractivity contribution in [3.63, 3.8) is 0 Å². The van der Waals surface area contributed by atoms with E-state index in [0.717, 1.165) is 74.8 Å². The number of rotatable bonds is 5. The maximum Gasteiger partial charge on any atom is 0.227 e. The molecule has 0 spiro atoms. The van der Waals surface area contributed by atoms with E-state index in [2.05, 4.69) is 27.8 Å². The highest BCUT2D eigenvalue weighted by Gasteiger charge is 2.21. The van der Waals surface area contributed by atoms with Crippen LogP contribution in [0.15, 0.2) is 18.2 Å². The number of hydrogen-bond donors (Lipinski definition) is 1. The normalized spacial score (nSPS) is 19.4. The van der Waals surface area contributed by atoms with Crippen molar-refractivity contribution >= 4 is 22.6 Å². The Morgan fingerprint density at radius 2 is 2.00 bits per heavy atom. The van der Waals surface area contributed by atoms with Gasteiger partial charge in [0, 0.05) is 31.2 Å². The molecule has 1 amide bonds. The van der Waals surface area contributed by atoms with Gasteiger partial charge in [-0.1, -0.05) is 19.3 Å². The lowest BCUT2D eigenvalue weighted by Crippen LogP contribution is -2.36. The van der Waals surface area contributed by atoms with E-state index in [1.54, 1.807) is 0 Å².